The molecule has 9 heteroatoms. The summed E-state index contributed by atoms with van der Waals surface area (Å²) < 4.78 is 0. The lowest BCUT2D eigenvalue weighted by molar-refractivity contribution is -0.130. The summed E-state index contributed by atoms with van der Waals surface area (Å²) in [6, 6.07) is 26.1. The molecule has 0 atom stereocenters. The summed E-state index contributed by atoms with van der Waals surface area (Å²) in [6.07, 6.45) is 0.295. The zero-order valence-electron chi connectivity index (χ0n) is 22.7. The standard InChI is InChI=1S/C32H30ClN5O3/c1-36(35-32(41)23-12-13-30(39)28(33)18-23)21-25-11-10-22(26-7-3-4-8-27(25)26)19-31(40)38-16-14-37(15-17-38)29-9-5-2-6-24(29)20-34/h2-13,18,39H,14-17,19,21H2,1H3,(H,35,41). The molecule has 2 N–H and O–H groups in total. The van der Waals surface area contributed by atoms with Gasteiger partial charge in [0.1, 0.15) is 11.8 Å². The van der Waals surface area contributed by atoms with E-state index in [0.29, 0.717) is 50.3 Å². The number of carbonyl (C=O) groups is 2. The van der Waals surface area contributed by atoms with Gasteiger partial charge in [0.2, 0.25) is 5.91 Å². The average Bonchev–Trinajstić information content (AvgIpc) is 2.99. The minimum Gasteiger partial charge on any atom is -0.506 e. The number of nitriles is 1. The number of nitrogens with one attached hydrogen (secondary N) is 1. The average molecular weight is 568 g/mol. The predicted octanol–water partition coefficient (Wildman–Crippen LogP) is 4.74. The number of hydrazine groups is 1. The number of piperazine rings is 1. The lowest BCUT2D eigenvalue weighted by Gasteiger charge is -2.36. The maximum absolute atomic E-state index is 13.3. The van der Waals surface area contributed by atoms with E-state index in [1.165, 1.54) is 18.2 Å². The highest BCUT2D eigenvalue weighted by Crippen LogP contribution is 2.26. The van der Waals surface area contributed by atoms with E-state index in [1.807, 2.05) is 65.6 Å². The third kappa shape index (κ3) is 6.27. The van der Waals surface area contributed by atoms with Gasteiger partial charge in [-0.05, 0) is 52.2 Å². The van der Waals surface area contributed by atoms with Gasteiger partial charge in [0.05, 0.1) is 22.7 Å². The fourth-order valence-corrected chi connectivity index (χ4v) is 5.39. The molecule has 4 aromatic rings. The molecule has 8 nitrogen and oxygen atoms in total. The fraction of sp³-hybridized carbons (Fsp3) is 0.219. The highest BCUT2D eigenvalue weighted by Gasteiger charge is 2.23. The number of rotatable bonds is 7. The van der Waals surface area contributed by atoms with Crippen molar-refractivity contribution in [2.24, 2.45) is 0 Å². The number of hydrogen-bond acceptors (Lipinski definition) is 6. The number of anilines is 1. The molecule has 1 aliphatic heterocycles. The van der Waals surface area contributed by atoms with Crippen LogP contribution in [0.25, 0.3) is 10.8 Å². The molecule has 0 aromatic heterocycles. The molecule has 0 bridgehead atoms. The Morgan fingerprint density at radius 3 is 2.32 bits per heavy atom. The number of phenolic OH excluding ortho intramolecular Hbond substituents is 1. The molecule has 41 heavy (non-hydrogen) atoms. The van der Waals surface area contributed by atoms with Gasteiger partial charge in [-0.15, -0.1) is 0 Å². The van der Waals surface area contributed by atoms with Crippen molar-refractivity contribution in [3.8, 4) is 11.8 Å². The normalized spacial score (nSPS) is 13.3. The summed E-state index contributed by atoms with van der Waals surface area (Å²) in [7, 11) is 1.78. The van der Waals surface area contributed by atoms with Crippen molar-refractivity contribution < 1.29 is 14.7 Å². The number of hydrogen-bond donors (Lipinski definition) is 2. The highest BCUT2D eigenvalue weighted by molar-refractivity contribution is 6.32. The SMILES string of the molecule is CN(Cc1ccc(CC(=O)N2CCN(c3ccccc3C#N)CC2)c2ccccc12)NC(=O)c1ccc(O)c(Cl)c1. The van der Waals surface area contributed by atoms with Crippen molar-refractivity contribution in [1.29, 1.82) is 5.26 Å². The van der Waals surface area contributed by atoms with Gasteiger partial charge in [-0.25, -0.2) is 5.01 Å². The molecule has 0 radical (unpaired) electrons. The van der Waals surface area contributed by atoms with Gasteiger partial charge in [0.15, 0.2) is 0 Å². The zero-order chi connectivity index (χ0) is 28.9. The quantitative estimate of drug-likeness (QED) is 0.313. The molecule has 0 unspecified atom stereocenters. The lowest BCUT2D eigenvalue weighted by atomic mass is 9.97. The van der Waals surface area contributed by atoms with Crippen molar-refractivity contribution in [2.45, 2.75) is 13.0 Å². The number of para-hydroxylation sites is 1. The van der Waals surface area contributed by atoms with Crippen molar-refractivity contribution in [3.05, 3.63) is 106 Å². The maximum atomic E-state index is 13.3. The molecule has 5 rings (SSSR count). The molecule has 4 aromatic carbocycles. The molecular formula is C32H30ClN5O3. The number of aromatic hydroxyl groups is 1. The van der Waals surface area contributed by atoms with Crippen LogP contribution >= 0.6 is 11.6 Å². The van der Waals surface area contributed by atoms with Gasteiger partial charge in [0, 0.05) is 45.3 Å². The number of fused-ring (bicyclic) bond motifs is 1. The molecule has 208 valence electrons. The van der Waals surface area contributed by atoms with E-state index in [-0.39, 0.29) is 22.6 Å². The van der Waals surface area contributed by atoms with Crippen molar-refractivity contribution in [2.75, 3.05) is 38.1 Å². The molecule has 1 saturated heterocycles. The second kappa shape index (κ2) is 12.3. The van der Waals surface area contributed by atoms with Crippen LogP contribution in [0.4, 0.5) is 5.69 Å². The number of phenols is 1. The summed E-state index contributed by atoms with van der Waals surface area (Å²) in [5.41, 5.74) is 6.70. The summed E-state index contributed by atoms with van der Waals surface area (Å²) in [5, 5.41) is 22.9. The van der Waals surface area contributed by atoms with Crippen LogP contribution in [0.3, 0.4) is 0 Å². The monoisotopic (exact) mass is 567 g/mol. The summed E-state index contributed by atoms with van der Waals surface area (Å²) in [4.78, 5) is 30.1. The Kier molecular flexibility index (Phi) is 8.39. The molecular weight excluding hydrogens is 538 g/mol. The number of amides is 2. The molecule has 2 amide bonds. The third-order valence-electron chi connectivity index (χ3n) is 7.35. The first-order valence-electron chi connectivity index (χ1n) is 13.4. The predicted molar refractivity (Wildman–Crippen MR) is 160 cm³/mol. The lowest BCUT2D eigenvalue weighted by Crippen LogP contribution is -2.49. The molecule has 1 fully saturated rings. The Hall–Kier alpha value is -4.58. The van der Waals surface area contributed by atoms with Gasteiger partial charge in [0.25, 0.3) is 5.91 Å². The van der Waals surface area contributed by atoms with Gasteiger partial charge in [-0.1, -0.05) is 60.1 Å². The smallest absolute Gasteiger partial charge is 0.265 e. The first-order valence-corrected chi connectivity index (χ1v) is 13.7. The molecule has 1 aliphatic rings. The molecule has 0 aliphatic carbocycles. The largest absolute Gasteiger partial charge is 0.506 e. The Morgan fingerprint density at radius 2 is 1.61 bits per heavy atom. The minimum atomic E-state index is -0.336. The second-order valence-corrected chi connectivity index (χ2v) is 10.5. The van der Waals surface area contributed by atoms with Gasteiger partial charge in [-0.2, -0.15) is 5.26 Å². The first kappa shape index (κ1) is 28.0. The maximum Gasteiger partial charge on any atom is 0.265 e. The van der Waals surface area contributed by atoms with E-state index in [9.17, 15) is 20.0 Å². The summed E-state index contributed by atoms with van der Waals surface area (Å²) in [6.45, 7) is 3.01. The van der Waals surface area contributed by atoms with Crippen LogP contribution in [0.5, 0.6) is 5.75 Å². The Balaban J connectivity index is 1.24. The van der Waals surface area contributed by atoms with Crippen molar-refractivity contribution in [1.82, 2.24) is 15.3 Å². The third-order valence-corrected chi connectivity index (χ3v) is 7.66. The van der Waals surface area contributed by atoms with Crippen LogP contribution in [0.15, 0.2) is 78.9 Å². The molecule has 1 heterocycles. The van der Waals surface area contributed by atoms with Crippen LogP contribution in [-0.4, -0.2) is 60.1 Å². The van der Waals surface area contributed by atoms with E-state index in [2.05, 4.69) is 16.4 Å². The number of halogens is 1. The Morgan fingerprint density at radius 1 is 0.951 bits per heavy atom. The van der Waals surface area contributed by atoms with E-state index in [0.717, 1.165) is 27.6 Å². The van der Waals surface area contributed by atoms with E-state index in [4.69, 9.17) is 11.6 Å². The zero-order valence-corrected chi connectivity index (χ0v) is 23.4. The summed E-state index contributed by atoms with van der Waals surface area (Å²) >= 11 is 5.95. The summed E-state index contributed by atoms with van der Waals surface area (Å²) in [5.74, 6) is -0.338. The topological polar surface area (TPSA) is 99.9 Å². The van der Waals surface area contributed by atoms with Gasteiger partial charge in [-0.3, -0.25) is 15.0 Å². The van der Waals surface area contributed by atoms with E-state index >= 15 is 0 Å². The van der Waals surface area contributed by atoms with E-state index < -0.39 is 0 Å². The fourth-order valence-electron chi connectivity index (χ4n) is 5.21. The van der Waals surface area contributed by atoms with Crippen molar-refractivity contribution in [3.63, 3.8) is 0 Å². The van der Waals surface area contributed by atoms with Crippen LogP contribution in [0, 0.1) is 11.3 Å². The minimum absolute atomic E-state index is 0.0769. The highest BCUT2D eigenvalue weighted by atomic mass is 35.5. The van der Waals surface area contributed by atoms with Gasteiger partial charge < -0.3 is 14.9 Å². The number of nitrogens with zero attached hydrogens (tertiary/aromatic N) is 4. The Labute approximate surface area is 243 Å². The Bertz CT molecular complexity index is 1640. The number of carbonyl (C=O) groups excluding carboxylic acids is 2. The number of benzene rings is 4. The van der Waals surface area contributed by atoms with E-state index in [1.54, 1.807) is 12.1 Å². The molecule has 0 saturated carbocycles. The van der Waals surface area contributed by atoms with Crippen LogP contribution in [-0.2, 0) is 17.8 Å². The van der Waals surface area contributed by atoms with Crippen molar-refractivity contribution >= 4 is 39.9 Å². The van der Waals surface area contributed by atoms with Crippen LogP contribution in [0.1, 0.15) is 27.0 Å². The second-order valence-electron chi connectivity index (χ2n) is 10.1. The first-order chi connectivity index (χ1) is 19.8. The van der Waals surface area contributed by atoms with Gasteiger partial charge >= 0.3 is 0 Å². The van der Waals surface area contributed by atoms with Crippen LogP contribution < -0.4 is 10.3 Å². The van der Waals surface area contributed by atoms with Crippen LogP contribution in [0.2, 0.25) is 5.02 Å². The molecule has 0 spiro atoms.